The highest BCUT2D eigenvalue weighted by Crippen LogP contribution is 2.17. The van der Waals surface area contributed by atoms with Gasteiger partial charge in [-0.2, -0.15) is 0 Å². The fourth-order valence-corrected chi connectivity index (χ4v) is 3.04. The quantitative estimate of drug-likeness (QED) is 0.595. The molecule has 0 spiro atoms. The predicted octanol–water partition coefficient (Wildman–Crippen LogP) is 3.53. The maximum Gasteiger partial charge on any atom is 0.191 e. The molecule has 2 aromatic rings. The normalized spacial score (nSPS) is 11.6. The van der Waals surface area contributed by atoms with Crippen molar-refractivity contribution in [1.82, 2.24) is 15.6 Å². The van der Waals surface area contributed by atoms with Gasteiger partial charge in [-0.3, -0.25) is 4.99 Å². The minimum atomic E-state index is 0.463. The van der Waals surface area contributed by atoms with E-state index in [1.54, 1.807) is 18.4 Å². The van der Waals surface area contributed by atoms with Crippen molar-refractivity contribution in [1.29, 1.82) is 0 Å². The molecule has 0 radical (unpaired) electrons. The van der Waals surface area contributed by atoms with Crippen LogP contribution in [0.4, 0.5) is 0 Å². The highest BCUT2D eigenvalue weighted by atomic mass is 32.1. The van der Waals surface area contributed by atoms with Crippen LogP contribution in [-0.2, 0) is 13.1 Å². The molecule has 1 heterocycles. The maximum absolute atomic E-state index is 5.53. The van der Waals surface area contributed by atoms with Crippen molar-refractivity contribution in [3.05, 3.63) is 45.9 Å². The van der Waals surface area contributed by atoms with Crippen molar-refractivity contribution in [2.24, 2.45) is 4.99 Å². The minimum absolute atomic E-state index is 0.463. The smallest absolute Gasteiger partial charge is 0.191 e. The Kier molecular flexibility index (Phi) is 7.06. The molecule has 0 fully saturated rings. The molecule has 0 bridgehead atoms. The van der Waals surface area contributed by atoms with Crippen molar-refractivity contribution >= 4 is 17.3 Å². The topological polar surface area (TPSA) is 58.5 Å². The lowest BCUT2D eigenvalue weighted by atomic mass is 10.2. The summed E-state index contributed by atoms with van der Waals surface area (Å²) in [7, 11) is 1.77. The van der Waals surface area contributed by atoms with Gasteiger partial charge in [0.1, 0.15) is 10.8 Å². The second-order valence-electron chi connectivity index (χ2n) is 5.68. The van der Waals surface area contributed by atoms with Gasteiger partial charge in [0, 0.05) is 19.0 Å². The van der Waals surface area contributed by atoms with Crippen LogP contribution in [-0.4, -0.2) is 24.6 Å². The van der Waals surface area contributed by atoms with Gasteiger partial charge in [-0.25, -0.2) is 4.98 Å². The Morgan fingerprint density at radius 3 is 2.75 bits per heavy atom. The van der Waals surface area contributed by atoms with Gasteiger partial charge in [0.2, 0.25) is 0 Å². The van der Waals surface area contributed by atoms with Gasteiger partial charge in [-0.15, -0.1) is 11.3 Å². The summed E-state index contributed by atoms with van der Waals surface area (Å²) in [6.07, 6.45) is 0. The fourth-order valence-electron chi connectivity index (χ4n) is 2.15. The molecule has 1 aromatic heterocycles. The molecule has 24 heavy (non-hydrogen) atoms. The fraction of sp³-hybridized carbons (Fsp3) is 0.444. The molecule has 130 valence electrons. The van der Waals surface area contributed by atoms with Crippen molar-refractivity contribution in [2.75, 3.05) is 13.7 Å². The zero-order chi connectivity index (χ0) is 17.4. The number of hydrogen-bond acceptors (Lipinski definition) is 4. The van der Waals surface area contributed by atoms with Crippen LogP contribution in [0.15, 0.2) is 34.6 Å². The first-order valence-corrected chi connectivity index (χ1v) is 9.11. The molecule has 0 aliphatic carbocycles. The SMILES string of the molecule is CCOc1cccc(CNC(=NC)NCc2nc(C(C)C)cs2)c1. The van der Waals surface area contributed by atoms with Gasteiger partial charge in [0.25, 0.3) is 0 Å². The number of nitrogens with zero attached hydrogens (tertiary/aromatic N) is 2. The molecule has 0 saturated carbocycles. The molecular formula is C18H26N4OS. The number of aliphatic imine (C=N–C) groups is 1. The molecule has 0 unspecified atom stereocenters. The van der Waals surface area contributed by atoms with E-state index in [0.717, 1.165) is 28.0 Å². The largest absolute Gasteiger partial charge is 0.494 e. The highest BCUT2D eigenvalue weighted by Gasteiger charge is 2.06. The summed E-state index contributed by atoms with van der Waals surface area (Å²) in [6, 6.07) is 8.08. The first kappa shape index (κ1) is 18.3. The van der Waals surface area contributed by atoms with E-state index in [2.05, 4.69) is 45.9 Å². The van der Waals surface area contributed by atoms with Crippen LogP contribution in [0.25, 0.3) is 0 Å². The van der Waals surface area contributed by atoms with Gasteiger partial charge < -0.3 is 15.4 Å². The first-order valence-electron chi connectivity index (χ1n) is 8.23. The van der Waals surface area contributed by atoms with E-state index in [9.17, 15) is 0 Å². The Morgan fingerprint density at radius 1 is 1.29 bits per heavy atom. The van der Waals surface area contributed by atoms with Gasteiger partial charge >= 0.3 is 0 Å². The van der Waals surface area contributed by atoms with E-state index in [-0.39, 0.29) is 0 Å². The second-order valence-corrected chi connectivity index (χ2v) is 6.62. The van der Waals surface area contributed by atoms with Crippen LogP contribution in [0, 0.1) is 0 Å². The molecule has 2 rings (SSSR count). The Bertz CT molecular complexity index is 667. The van der Waals surface area contributed by atoms with Gasteiger partial charge in [0.15, 0.2) is 5.96 Å². The third kappa shape index (κ3) is 5.53. The number of aromatic nitrogens is 1. The summed E-state index contributed by atoms with van der Waals surface area (Å²) in [4.78, 5) is 8.88. The molecule has 0 amide bonds. The number of guanidine groups is 1. The molecule has 5 nitrogen and oxygen atoms in total. The van der Waals surface area contributed by atoms with E-state index in [1.165, 1.54) is 0 Å². The number of nitrogens with one attached hydrogen (secondary N) is 2. The zero-order valence-corrected chi connectivity index (χ0v) is 15.6. The summed E-state index contributed by atoms with van der Waals surface area (Å²) < 4.78 is 5.53. The van der Waals surface area contributed by atoms with E-state index in [4.69, 9.17) is 4.74 Å². The Hall–Kier alpha value is -2.08. The zero-order valence-electron chi connectivity index (χ0n) is 14.8. The molecule has 0 saturated heterocycles. The third-order valence-corrected chi connectivity index (χ3v) is 4.33. The average Bonchev–Trinajstić information content (AvgIpc) is 3.05. The summed E-state index contributed by atoms with van der Waals surface area (Å²) in [5.41, 5.74) is 2.30. The van der Waals surface area contributed by atoms with Crippen LogP contribution in [0.5, 0.6) is 5.75 Å². The Labute approximate surface area is 148 Å². The lowest BCUT2D eigenvalue weighted by Gasteiger charge is -2.12. The number of rotatable bonds is 7. The van der Waals surface area contributed by atoms with Gasteiger partial charge in [-0.1, -0.05) is 26.0 Å². The monoisotopic (exact) mass is 346 g/mol. The highest BCUT2D eigenvalue weighted by molar-refractivity contribution is 7.09. The lowest BCUT2D eigenvalue weighted by Crippen LogP contribution is -2.36. The van der Waals surface area contributed by atoms with E-state index < -0.39 is 0 Å². The summed E-state index contributed by atoms with van der Waals surface area (Å²) in [5, 5.41) is 9.81. The van der Waals surface area contributed by atoms with Crippen LogP contribution < -0.4 is 15.4 Å². The van der Waals surface area contributed by atoms with Crippen molar-refractivity contribution in [3.8, 4) is 5.75 Å². The van der Waals surface area contributed by atoms with Gasteiger partial charge in [-0.05, 0) is 30.5 Å². The standard InChI is InChI=1S/C18H26N4OS/c1-5-23-15-8-6-7-14(9-15)10-20-18(19-4)21-11-17-22-16(12-24-17)13(2)3/h6-9,12-13H,5,10-11H2,1-4H3,(H2,19,20,21). The lowest BCUT2D eigenvalue weighted by molar-refractivity contribution is 0.340. The summed E-state index contributed by atoms with van der Waals surface area (Å²) in [5.74, 6) is 2.12. The number of hydrogen-bond donors (Lipinski definition) is 2. The number of ether oxygens (including phenoxy) is 1. The third-order valence-electron chi connectivity index (χ3n) is 3.46. The van der Waals surface area contributed by atoms with Crippen molar-refractivity contribution in [3.63, 3.8) is 0 Å². The maximum atomic E-state index is 5.53. The Balaban J connectivity index is 1.84. The first-order chi connectivity index (χ1) is 11.6. The van der Waals surface area contributed by atoms with E-state index >= 15 is 0 Å². The molecule has 2 N–H and O–H groups in total. The van der Waals surface area contributed by atoms with Crippen LogP contribution in [0.2, 0.25) is 0 Å². The molecule has 0 aliphatic heterocycles. The van der Waals surface area contributed by atoms with E-state index in [1.807, 2.05) is 25.1 Å². The molecule has 1 aromatic carbocycles. The molecule has 0 atom stereocenters. The van der Waals surface area contributed by atoms with Crippen LogP contribution in [0.3, 0.4) is 0 Å². The molecule has 0 aliphatic rings. The summed E-state index contributed by atoms with van der Waals surface area (Å²) >= 11 is 1.68. The molecular weight excluding hydrogens is 320 g/mol. The average molecular weight is 347 g/mol. The number of benzene rings is 1. The van der Waals surface area contributed by atoms with Crippen molar-refractivity contribution < 1.29 is 4.74 Å². The second kappa shape index (κ2) is 9.27. The van der Waals surface area contributed by atoms with Gasteiger partial charge in [0.05, 0.1) is 18.8 Å². The van der Waals surface area contributed by atoms with Crippen molar-refractivity contribution in [2.45, 2.75) is 39.8 Å². The summed E-state index contributed by atoms with van der Waals surface area (Å²) in [6.45, 7) is 8.34. The number of thiazole rings is 1. The van der Waals surface area contributed by atoms with E-state index in [0.29, 0.717) is 25.6 Å². The predicted molar refractivity (Wildman–Crippen MR) is 101 cm³/mol. The minimum Gasteiger partial charge on any atom is -0.494 e. The Morgan fingerprint density at radius 2 is 2.08 bits per heavy atom. The molecule has 6 heteroatoms. The van der Waals surface area contributed by atoms with Crippen LogP contribution >= 0.6 is 11.3 Å². The van der Waals surface area contributed by atoms with Crippen LogP contribution in [0.1, 0.15) is 43.0 Å².